The predicted octanol–water partition coefficient (Wildman–Crippen LogP) is 3.58. The SMILES string of the molecule is CCOC(=O)C1=C(C)N=c2s/c(=C/c3ccc(Cl)c([N+](=O)[O-])c3)c(=O)n2[C@H]1c1ccc(C)c([N+](=O)[O-])c1. The Hall–Kier alpha value is -4.16. The molecule has 0 radical (unpaired) electrons. The van der Waals surface area contributed by atoms with E-state index in [9.17, 15) is 29.8 Å². The number of halogens is 1. The minimum Gasteiger partial charge on any atom is -0.463 e. The van der Waals surface area contributed by atoms with Gasteiger partial charge in [0.25, 0.3) is 16.9 Å². The van der Waals surface area contributed by atoms with Crippen LogP contribution in [0, 0.1) is 27.2 Å². The van der Waals surface area contributed by atoms with Crippen molar-refractivity contribution < 1.29 is 19.4 Å². The lowest BCUT2D eigenvalue weighted by Crippen LogP contribution is -2.40. The smallest absolute Gasteiger partial charge is 0.338 e. The van der Waals surface area contributed by atoms with Gasteiger partial charge in [0.1, 0.15) is 5.02 Å². The summed E-state index contributed by atoms with van der Waals surface area (Å²) in [5.74, 6) is -0.695. The number of nitro benzene ring substituents is 2. The van der Waals surface area contributed by atoms with E-state index < -0.39 is 27.4 Å². The number of hydrogen-bond acceptors (Lipinski definition) is 9. The summed E-state index contributed by atoms with van der Waals surface area (Å²) in [6, 6.07) is 7.60. The van der Waals surface area contributed by atoms with Gasteiger partial charge in [-0.3, -0.25) is 29.6 Å². The fourth-order valence-corrected chi connectivity index (χ4v) is 5.24. The van der Waals surface area contributed by atoms with Gasteiger partial charge in [0, 0.05) is 17.7 Å². The summed E-state index contributed by atoms with van der Waals surface area (Å²) in [6.45, 7) is 4.91. The number of benzene rings is 2. The number of nitro groups is 2. The number of aromatic nitrogens is 1. The number of carbonyl (C=O) groups excluding carboxylic acids is 1. The molecule has 11 nitrogen and oxygen atoms in total. The number of rotatable bonds is 6. The quantitative estimate of drug-likeness (QED) is 0.263. The Morgan fingerprint density at radius 3 is 2.51 bits per heavy atom. The molecule has 0 amide bonds. The predicted molar refractivity (Wildman–Crippen MR) is 136 cm³/mol. The van der Waals surface area contributed by atoms with Gasteiger partial charge < -0.3 is 4.74 Å². The minimum atomic E-state index is -1.03. The summed E-state index contributed by atoms with van der Waals surface area (Å²) in [6.07, 6.45) is 1.46. The average Bonchev–Trinajstić information content (AvgIpc) is 3.13. The van der Waals surface area contributed by atoms with Gasteiger partial charge in [-0.15, -0.1) is 0 Å². The summed E-state index contributed by atoms with van der Waals surface area (Å²) in [4.78, 5) is 53.0. The first-order valence-electron chi connectivity index (χ1n) is 10.9. The van der Waals surface area contributed by atoms with Gasteiger partial charge in [-0.05, 0) is 44.0 Å². The molecule has 3 aromatic rings. The van der Waals surface area contributed by atoms with E-state index in [4.69, 9.17) is 16.3 Å². The second kappa shape index (κ2) is 10.1. The molecule has 37 heavy (non-hydrogen) atoms. The molecule has 0 N–H and O–H groups in total. The molecule has 2 aromatic carbocycles. The number of thiazole rings is 1. The minimum absolute atomic E-state index is 0.0423. The van der Waals surface area contributed by atoms with Crippen molar-refractivity contribution in [3.63, 3.8) is 0 Å². The summed E-state index contributed by atoms with van der Waals surface area (Å²) in [7, 11) is 0. The zero-order chi connectivity index (χ0) is 27.0. The van der Waals surface area contributed by atoms with Crippen molar-refractivity contribution in [3.8, 4) is 0 Å². The molecule has 0 saturated heterocycles. The first-order valence-corrected chi connectivity index (χ1v) is 12.1. The topological polar surface area (TPSA) is 147 Å². The standard InChI is InChI=1S/C24H19ClN4O7S/c1-4-36-23(31)20-13(3)26-24-27(21(20)15-7-5-12(2)17(11-15)28(32)33)22(30)19(37-24)10-14-6-8-16(25)18(9-14)29(34)35/h5-11,21H,4H2,1-3H3/b19-10+/t21-/m0/s1. The summed E-state index contributed by atoms with van der Waals surface area (Å²) >= 11 is 6.92. The van der Waals surface area contributed by atoms with Crippen LogP contribution in [-0.2, 0) is 9.53 Å². The number of hydrogen-bond donors (Lipinski definition) is 0. The van der Waals surface area contributed by atoms with Crippen LogP contribution in [0.25, 0.3) is 6.08 Å². The lowest BCUT2D eigenvalue weighted by atomic mass is 9.94. The maximum atomic E-state index is 13.6. The second-order valence-corrected chi connectivity index (χ2v) is 9.49. The van der Waals surface area contributed by atoms with Gasteiger partial charge >= 0.3 is 5.97 Å². The third kappa shape index (κ3) is 4.80. The van der Waals surface area contributed by atoms with Crippen molar-refractivity contribution in [3.05, 3.63) is 109 Å². The van der Waals surface area contributed by atoms with Gasteiger partial charge in [-0.1, -0.05) is 41.1 Å². The molecule has 13 heteroatoms. The monoisotopic (exact) mass is 542 g/mol. The molecular weight excluding hydrogens is 524 g/mol. The highest BCUT2D eigenvalue weighted by atomic mass is 35.5. The Morgan fingerprint density at radius 2 is 1.86 bits per heavy atom. The number of fused-ring (bicyclic) bond motifs is 1. The van der Waals surface area contributed by atoms with E-state index in [0.29, 0.717) is 22.4 Å². The number of ether oxygens (including phenoxy) is 1. The van der Waals surface area contributed by atoms with E-state index in [1.165, 1.54) is 34.9 Å². The summed E-state index contributed by atoms with van der Waals surface area (Å²) in [5.41, 5.74) is 0.518. The van der Waals surface area contributed by atoms with Crippen molar-refractivity contribution >= 4 is 46.4 Å². The van der Waals surface area contributed by atoms with E-state index in [-0.39, 0.29) is 37.9 Å². The number of aryl methyl sites for hydroxylation is 1. The van der Waals surface area contributed by atoms with Crippen LogP contribution in [0.4, 0.5) is 11.4 Å². The molecule has 2 heterocycles. The Balaban J connectivity index is 1.98. The first kappa shape index (κ1) is 25.9. The molecule has 1 aliphatic heterocycles. The summed E-state index contributed by atoms with van der Waals surface area (Å²) in [5, 5.41) is 22.8. The van der Waals surface area contributed by atoms with Crippen LogP contribution in [0.2, 0.25) is 5.02 Å². The lowest BCUT2D eigenvalue weighted by Gasteiger charge is -2.24. The molecule has 0 aliphatic carbocycles. The maximum absolute atomic E-state index is 13.6. The van der Waals surface area contributed by atoms with Crippen LogP contribution in [0.1, 0.15) is 36.6 Å². The molecule has 0 unspecified atom stereocenters. The fourth-order valence-electron chi connectivity index (χ4n) is 4.01. The lowest BCUT2D eigenvalue weighted by molar-refractivity contribution is -0.385. The van der Waals surface area contributed by atoms with Crippen molar-refractivity contribution in [2.75, 3.05) is 6.61 Å². The van der Waals surface area contributed by atoms with Crippen molar-refractivity contribution in [2.24, 2.45) is 4.99 Å². The van der Waals surface area contributed by atoms with Gasteiger partial charge in [0.05, 0.1) is 38.3 Å². The summed E-state index contributed by atoms with van der Waals surface area (Å²) < 4.78 is 6.70. The van der Waals surface area contributed by atoms with Gasteiger partial charge in [0.2, 0.25) is 0 Å². The molecule has 0 fully saturated rings. The highest BCUT2D eigenvalue weighted by molar-refractivity contribution is 7.07. The third-order valence-corrected chi connectivity index (χ3v) is 7.03. The van der Waals surface area contributed by atoms with E-state index in [2.05, 4.69) is 4.99 Å². The Bertz CT molecular complexity index is 1690. The number of allylic oxidation sites excluding steroid dienone is 1. The number of esters is 1. The van der Waals surface area contributed by atoms with E-state index in [0.717, 1.165) is 11.3 Å². The molecular formula is C24H19ClN4O7S. The second-order valence-electron chi connectivity index (χ2n) is 8.07. The van der Waals surface area contributed by atoms with Crippen molar-refractivity contribution in [2.45, 2.75) is 26.8 Å². The fraction of sp³-hybridized carbons (Fsp3) is 0.208. The maximum Gasteiger partial charge on any atom is 0.338 e. The van der Waals surface area contributed by atoms with E-state index >= 15 is 0 Å². The Kier molecular flexibility index (Phi) is 7.05. The Labute approximate surface area is 217 Å². The van der Waals surface area contributed by atoms with E-state index in [1.807, 2.05) is 0 Å². The molecule has 1 aliphatic rings. The molecule has 0 saturated carbocycles. The third-order valence-electron chi connectivity index (χ3n) is 5.73. The number of carbonyl (C=O) groups is 1. The normalized spacial score (nSPS) is 15.2. The van der Waals surface area contributed by atoms with Crippen LogP contribution in [0.15, 0.2) is 57.5 Å². The van der Waals surface area contributed by atoms with Crippen molar-refractivity contribution in [1.82, 2.24) is 4.57 Å². The zero-order valence-electron chi connectivity index (χ0n) is 19.8. The van der Waals surface area contributed by atoms with Crippen LogP contribution in [-0.4, -0.2) is 27.0 Å². The van der Waals surface area contributed by atoms with Gasteiger partial charge in [0.15, 0.2) is 4.80 Å². The highest BCUT2D eigenvalue weighted by Gasteiger charge is 2.34. The van der Waals surface area contributed by atoms with Crippen LogP contribution in [0.5, 0.6) is 0 Å². The molecule has 0 spiro atoms. The number of nitrogens with zero attached hydrogens (tertiary/aromatic N) is 4. The average molecular weight is 543 g/mol. The van der Waals surface area contributed by atoms with Crippen LogP contribution < -0.4 is 14.9 Å². The molecule has 1 aromatic heterocycles. The van der Waals surface area contributed by atoms with Crippen LogP contribution >= 0.6 is 22.9 Å². The molecule has 190 valence electrons. The first-order chi connectivity index (χ1) is 17.5. The molecule has 1 atom stereocenters. The highest BCUT2D eigenvalue weighted by Crippen LogP contribution is 2.33. The van der Waals surface area contributed by atoms with Gasteiger partial charge in [-0.2, -0.15) is 0 Å². The zero-order valence-corrected chi connectivity index (χ0v) is 21.3. The molecule has 0 bridgehead atoms. The van der Waals surface area contributed by atoms with E-state index in [1.54, 1.807) is 32.9 Å². The van der Waals surface area contributed by atoms with Crippen molar-refractivity contribution in [1.29, 1.82) is 0 Å². The van der Waals surface area contributed by atoms with Gasteiger partial charge in [-0.25, -0.2) is 9.79 Å². The Morgan fingerprint density at radius 1 is 1.16 bits per heavy atom. The largest absolute Gasteiger partial charge is 0.463 e. The van der Waals surface area contributed by atoms with Crippen LogP contribution in [0.3, 0.4) is 0 Å². The molecule has 4 rings (SSSR count).